The number of carbonyl (C=O) groups is 3. The highest BCUT2D eigenvalue weighted by atomic mass is 32.2. The Hall–Kier alpha value is -2.30. The highest BCUT2D eigenvalue weighted by Crippen LogP contribution is 2.06. The van der Waals surface area contributed by atoms with Crippen LogP contribution in [-0.4, -0.2) is 53.7 Å². The van der Waals surface area contributed by atoms with Crippen LogP contribution in [0.15, 0.2) is 4.52 Å². The lowest BCUT2D eigenvalue weighted by atomic mass is 10.1. The quantitative estimate of drug-likeness (QED) is 0.485. The number of Topliss-reactive ketones (excluding diaryl/α,β-unsaturated/α-hetero) is 1. The van der Waals surface area contributed by atoms with Crippen LogP contribution < -0.4 is 11.1 Å². The summed E-state index contributed by atoms with van der Waals surface area (Å²) in [6.45, 7) is 4.89. The zero-order valence-corrected chi connectivity index (χ0v) is 15.8. The number of nitrogens with one attached hydrogen (secondary N) is 1. The first-order valence-electron chi connectivity index (χ1n) is 8.25. The maximum absolute atomic E-state index is 12.3. The summed E-state index contributed by atoms with van der Waals surface area (Å²) in [7, 11) is -3.62. The molecule has 0 aliphatic heterocycles. The van der Waals surface area contributed by atoms with Crippen LogP contribution in [0, 0.1) is 5.92 Å². The monoisotopic (exact) mass is 388 g/mol. The van der Waals surface area contributed by atoms with E-state index in [0.29, 0.717) is 12.3 Å². The SMILES string of the molecule is CCc1nc(C(=O)C(CC)NC(=O)CCS(=O)(=O)CC(C)C(N)=O)no1. The molecule has 0 saturated heterocycles. The third kappa shape index (κ3) is 6.54. The average molecular weight is 388 g/mol. The normalized spacial score (nSPS) is 13.8. The van der Waals surface area contributed by atoms with Gasteiger partial charge in [0.1, 0.15) is 0 Å². The molecule has 1 heterocycles. The van der Waals surface area contributed by atoms with Gasteiger partial charge >= 0.3 is 0 Å². The van der Waals surface area contributed by atoms with Crippen molar-refractivity contribution >= 4 is 27.4 Å². The Labute approximate surface area is 151 Å². The van der Waals surface area contributed by atoms with Crippen molar-refractivity contribution in [3.05, 3.63) is 11.7 Å². The number of nitrogens with zero attached hydrogens (tertiary/aromatic N) is 2. The molecule has 11 heteroatoms. The highest BCUT2D eigenvalue weighted by Gasteiger charge is 2.26. The van der Waals surface area contributed by atoms with E-state index in [2.05, 4.69) is 15.5 Å². The van der Waals surface area contributed by atoms with Gasteiger partial charge in [0.15, 0.2) is 9.84 Å². The van der Waals surface area contributed by atoms with Crippen LogP contribution in [0.5, 0.6) is 0 Å². The first-order chi connectivity index (χ1) is 12.1. The zero-order valence-electron chi connectivity index (χ0n) is 15.0. The Morgan fingerprint density at radius 1 is 1.27 bits per heavy atom. The summed E-state index contributed by atoms with van der Waals surface area (Å²) in [5.74, 6) is -3.34. The van der Waals surface area contributed by atoms with E-state index in [1.807, 2.05) is 0 Å². The molecule has 0 aliphatic carbocycles. The topological polar surface area (TPSA) is 162 Å². The molecule has 2 amide bonds. The molecule has 3 N–H and O–H groups in total. The second-order valence-electron chi connectivity index (χ2n) is 5.93. The van der Waals surface area contributed by atoms with Crippen LogP contribution in [0.3, 0.4) is 0 Å². The molecule has 0 fully saturated rings. The Morgan fingerprint density at radius 3 is 2.42 bits per heavy atom. The summed E-state index contributed by atoms with van der Waals surface area (Å²) < 4.78 is 28.7. The third-order valence-electron chi connectivity index (χ3n) is 3.68. The summed E-state index contributed by atoms with van der Waals surface area (Å²) >= 11 is 0. The fourth-order valence-corrected chi connectivity index (χ4v) is 3.66. The van der Waals surface area contributed by atoms with E-state index in [0.717, 1.165) is 0 Å². The molecule has 0 bridgehead atoms. The van der Waals surface area contributed by atoms with Crippen molar-refractivity contribution in [3.8, 4) is 0 Å². The van der Waals surface area contributed by atoms with Crippen LogP contribution >= 0.6 is 0 Å². The van der Waals surface area contributed by atoms with E-state index in [1.54, 1.807) is 13.8 Å². The molecule has 1 rings (SSSR count). The first-order valence-corrected chi connectivity index (χ1v) is 10.1. The molecule has 0 radical (unpaired) electrons. The minimum Gasteiger partial charge on any atom is -0.369 e. The number of hydrogen-bond acceptors (Lipinski definition) is 8. The van der Waals surface area contributed by atoms with Crippen molar-refractivity contribution in [3.63, 3.8) is 0 Å². The molecule has 2 unspecified atom stereocenters. The predicted octanol–water partition coefficient (Wildman–Crippen LogP) is -0.364. The van der Waals surface area contributed by atoms with Crippen molar-refractivity contribution in [1.29, 1.82) is 0 Å². The number of primary amides is 1. The number of sulfone groups is 1. The zero-order chi connectivity index (χ0) is 19.9. The lowest BCUT2D eigenvalue weighted by Crippen LogP contribution is -2.41. The van der Waals surface area contributed by atoms with Gasteiger partial charge in [-0.3, -0.25) is 14.4 Å². The van der Waals surface area contributed by atoms with Gasteiger partial charge in [0.2, 0.25) is 29.3 Å². The number of hydrogen-bond donors (Lipinski definition) is 2. The van der Waals surface area contributed by atoms with Crippen molar-refractivity contribution in [2.75, 3.05) is 11.5 Å². The van der Waals surface area contributed by atoms with Gasteiger partial charge in [0.25, 0.3) is 0 Å². The van der Waals surface area contributed by atoms with Gasteiger partial charge in [-0.2, -0.15) is 4.98 Å². The molecule has 2 atom stereocenters. The molecule has 0 aromatic carbocycles. The highest BCUT2D eigenvalue weighted by molar-refractivity contribution is 7.91. The van der Waals surface area contributed by atoms with Gasteiger partial charge in [-0.25, -0.2) is 8.42 Å². The van der Waals surface area contributed by atoms with Crippen LogP contribution in [0.4, 0.5) is 0 Å². The van der Waals surface area contributed by atoms with Crippen molar-refractivity contribution < 1.29 is 27.3 Å². The van der Waals surface area contributed by atoms with Gasteiger partial charge in [-0.15, -0.1) is 0 Å². The maximum Gasteiger partial charge on any atom is 0.240 e. The van der Waals surface area contributed by atoms with Crippen molar-refractivity contribution in [1.82, 2.24) is 15.5 Å². The largest absolute Gasteiger partial charge is 0.369 e. The minimum absolute atomic E-state index is 0.128. The van der Waals surface area contributed by atoms with E-state index < -0.39 is 50.9 Å². The standard InChI is InChI=1S/C15H24N4O6S/c1-4-10(13(21)15-18-12(5-2)25-19-15)17-11(20)6-7-26(23,24)8-9(3)14(16)22/h9-10H,4-8H2,1-3H3,(H2,16,22)(H,17,20). The fraction of sp³-hybridized carbons (Fsp3) is 0.667. The van der Waals surface area contributed by atoms with Crippen LogP contribution in [0.1, 0.15) is 50.1 Å². The number of ketones is 1. The molecule has 0 aliphatic rings. The number of amides is 2. The van der Waals surface area contributed by atoms with E-state index in [-0.39, 0.29) is 18.7 Å². The Bertz CT molecular complexity index is 758. The van der Waals surface area contributed by atoms with Crippen molar-refractivity contribution in [2.45, 2.75) is 46.1 Å². The summed E-state index contributed by atoms with van der Waals surface area (Å²) in [5, 5.41) is 6.05. The molecule has 146 valence electrons. The summed E-state index contributed by atoms with van der Waals surface area (Å²) in [6.07, 6.45) is 0.432. The van der Waals surface area contributed by atoms with E-state index in [1.165, 1.54) is 6.92 Å². The molecule has 10 nitrogen and oxygen atoms in total. The van der Waals surface area contributed by atoms with Crippen LogP contribution in [-0.2, 0) is 25.8 Å². The summed E-state index contributed by atoms with van der Waals surface area (Å²) in [4.78, 5) is 39.2. The molecular weight excluding hydrogens is 364 g/mol. The molecule has 1 aromatic heterocycles. The minimum atomic E-state index is -3.62. The van der Waals surface area contributed by atoms with Gasteiger partial charge in [-0.05, 0) is 6.42 Å². The first kappa shape index (κ1) is 21.7. The molecule has 26 heavy (non-hydrogen) atoms. The number of nitrogens with two attached hydrogens (primary N) is 1. The van der Waals surface area contributed by atoms with Crippen LogP contribution in [0.2, 0.25) is 0 Å². The number of aromatic nitrogens is 2. The summed E-state index contributed by atoms with van der Waals surface area (Å²) in [5.41, 5.74) is 5.04. The second-order valence-corrected chi connectivity index (χ2v) is 8.15. The van der Waals surface area contributed by atoms with E-state index >= 15 is 0 Å². The summed E-state index contributed by atoms with van der Waals surface area (Å²) in [6, 6.07) is -0.878. The second kappa shape index (κ2) is 9.41. The molecule has 0 saturated carbocycles. The number of carbonyl (C=O) groups excluding carboxylic acids is 3. The Kier molecular flexibility index (Phi) is 7.87. The molecule has 1 aromatic rings. The van der Waals surface area contributed by atoms with Gasteiger partial charge in [0, 0.05) is 18.8 Å². The average Bonchev–Trinajstić information content (AvgIpc) is 3.06. The van der Waals surface area contributed by atoms with Crippen LogP contribution in [0.25, 0.3) is 0 Å². The van der Waals surface area contributed by atoms with Crippen molar-refractivity contribution in [2.24, 2.45) is 11.7 Å². The Morgan fingerprint density at radius 2 is 1.92 bits per heavy atom. The molecule has 0 spiro atoms. The van der Waals surface area contributed by atoms with Gasteiger partial charge in [0.05, 0.1) is 17.5 Å². The molecular formula is C15H24N4O6S. The van der Waals surface area contributed by atoms with Gasteiger partial charge < -0.3 is 15.6 Å². The van der Waals surface area contributed by atoms with Gasteiger partial charge in [-0.1, -0.05) is 25.9 Å². The number of aryl methyl sites for hydroxylation is 1. The fourth-order valence-electron chi connectivity index (χ4n) is 2.07. The predicted molar refractivity (Wildman–Crippen MR) is 91.9 cm³/mol. The smallest absolute Gasteiger partial charge is 0.240 e. The Balaban J connectivity index is 2.61. The lowest BCUT2D eigenvalue weighted by Gasteiger charge is -2.14. The maximum atomic E-state index is 12.3. The third-order valence-corrected chi connectivity index (χ3v) is 5.51. The van der Waals surface area contributed by atoms with E-state index in [9.17, 15) is 22.8 Å². The lowest BCUT2D eigenvalue weighted by molar-refractivity contribution is -0.121. The van der Waals surface area contributed by atoms with E-state index in [4.69, 9.17) is 10.3 Å². The number of rotatable bonds is 11.